The Balaban J connectivity index is 2.22. The molecule has 0 radical (unpaired) electrons. The number of carboxylic acid groups (broad SMARTS) is 1. The highest BCUT2D eigenvalue weighted by Crippen LogP contribution is 2.16. The van der Waals surface area contributed by atoms with Crippen LogP contribution in [0.1, 0.15) is 6.42 Å². The number of nitrogens with zero attached hydrogens (tertiary/aromatic N) is 1. The lowest BCUT2D eigenvalue weighted by Gasteiger charge is -2.16. The van der Waals surface area contributed by atoms with Crippen molar-refractivity contribution in [1.82, 2.24) is 15.5 Å². The molecule has 1 saturated heterocycles. The van der Waals surface area contributed by atoms with Crippen molar-refractivity contribution >= 4 is 29.5 Å². The number of nitrogens with one attached hydrogen (secondary N) is 2. The van der Waals surface area contributed by atoms with Gasteiger partial charge in [-0.1, -0.05) is 0 Å². The van der Waals surface area contributed by atoms with E-state index in [9.17, 15) is 14.4 Å². The molecule has 1 unspecified atom stereocenters. The largest absolute Gasteiger partial charge is 0.481 e. The lowest BCUT2D eigenvalue weighted by atomic mass is 10.1. The summed E-state index contributed by atoms with van der Waals surface area (Å²) < 4.78 is 0. The Morgan fingerprint density at radius 1 is 1.39 bits per heavy atom. The Morgan fingerprint density at radius 3 is 2.61 bits per heavy atom. The van der Waals surface area contributed by atoms with Crippen molar-refractivity contribution in [3.05, 3.63) is 0 Å². The van der Waals surface area contributed by atoms with Crippen LogP contribution in [0.4, 0.5) is 4.79 Å². The number of hydrogen-bond acceptors (Lipinski definition) is 3. The van der Waals surface area contributed by atoms with Crippen molar-refractivity contribution in [2.45, 2.75) is 6.42 Å². The molecule has 0 bridgehead atoms. The van der Waals surface area contributed by atoms with Crippen LogP contribution < -0.4 is 10.6 Å². The van der Waals surface area contributed by atoms with Crippen LogP contribution in [0.25, 0.3) is 0 Å². The molecule has 102 valence electrons. The molecule has 1 heterocycles. The second-order valence-corrected chi connectivity index (χ2v) is 4.33. The van der Waals surface area contributed by atoms with Gasteiger partial charge in [-0.3, -0.25) is 9.59 Å². The first-order valence-electron chi connectivity index (χ1n) is 5.63. The zero-order valence-corrected chi connectivity index (χ0v) is 10.6. The van der Waals surface area contributed by atoms with Gasteiger partial charge in [0.2, 0.25) is 5.91 Å². The minimum Gasteiger partial charge on any atom is -0.481 e. The van der Waals surface area contributed by atoms with Crippen molar-refractivity contribution in [3.8, 4) is 0 Å². The summed E-state index contributed by atoms with van der Waals surface area (Å²) in [7, 11) is 0. The van der Waals surface area contributed by atoms with Crippen molar-refractivity contribution < 1.29 is 19.5 Å². The van der Waals surface area contributed by atoms with Crippen LogP contribution in [0.5, 0.6) is 0 Å². The van der Waals surface area contributed by atoms with Gasteiger partial charge in [-0.15, -0.1) is 11.6 Å². The summed E-state index contributed by atoms with van der Waals surface area (Å²) in [4.78, 5) is 34.8. The van der Waals surface area contributed by atoms with Gasteiger partial charge in [-0.25, -0.2) is 4.79 Å². The van der Waals surface area contributed by atoms with Crippen molar-refractivity contribution in [2.75, 3.05) is 32.1 Å². The smallest absolute Gasteiger partial charge is 0.314 e. The lowest BCUT2D eigenvalue weighted by molar-refractivity contribution is -0.141. The molecule has 8 heteroatoms. The van der Waals surface area contributed by atoms with Crippen LogP contribution in [0, 0.1) is 5.92 Å². The number of alkyl halides is 1. The normalized spacial score (nSPS) is 18.8. The minimum atomic E-state index is -0.960. The average molecular weight is 278 g/mol. The van der Waals surface area contributed by atoms with E-state index < -0.39 is 11.9 Å². The first-order valence-corrected chi connectivity index (χ1v) is 6.16. The standard InChI is InChI=1S/C10H16ClN3O4/c11-1-2-12-10(18)13-3-4-14-6-7(9(16)17)5-8(14)15/h7H,1-6H2,(H,16,17)(H2,12,13,18). The molecule has 0 spiro atoms. The molecule has 0 aromatic heterocycles. The maximum Gasteiger partial charge on any atom is 0.314 e. The number of carbonyl (C=O) groups is 3. The van der Waals surface area contributed by atoms with E-state index in [1.807, 2.05) is 0 Å². The number of hydrogen-bond donors (Lipinski definition) is 3. The molecule has 3 N–H and O–H groups in total. The Labute approximate surface area is 109 Å². The van der Waals surface area contributed by atoms with Gasteiger partial charge in [-0.05, 0) is 0 Å². The molecule has 0 aromatic rings. The molecule has 0 saturated carbocycles. The molecule has 1 rings (SSSR count). The number of carboxylic acids is 1. The lowest BCUT2D eigenvalue weighted by Crippen LogP contribution is -2.41. The van der Waals surface area contributed by atoms with Crippen LogP contribution in [-0.2, 0) is 9.59 Å². The highest BCUT2D eigenvalue weighted by molar-refractivity contribution is 6.18. The SMILES string of the molecule is O=C(NCCCl)NCCN1CC(C(=O)O)CC1=O. The van der Waals surface area contributed by atoms with E-state index in [0.29, 0.717) is 19.0 Å². The van der Waals surface area contributed by atoms with Crippen molar-refractivity contribution in [1.29, 1.82) is 0 Å². The van der Waals surface area contributed by atoms with E-state index in [0.717, 1.165) is 0 Å². The summed E-state index contributed by atoms with van der Waals surface area (Å²) in [6, 6.07) is -0.350. The van der Waals surface area contributed by atoms with Crippen molar-refractivity contribution in [2.24, 2.45) is 5.92 Å². The summed E-state index contributed by atoms with van der Waals surface area (Å²) in [6.07, 6.45) is 0.0355. The average Bonchev–Trinajstić information content (AvgIpc) is 2.69. The van der Waals surface area contributed by atoms with Crippen LogP contribution >= 0.6 is 11.6 Å². The highest BCUT2D eigenvalue weighted by atomic mass is 35.5. The summed E-state index contributed by atoms with van der Waals surface area (Å²) in [6.45, 7) is 1.18. The van der Waals surface area contributed by atoms with Crippen LogP contribution in [0.3, 0.4) is 0 Å². The van der Waals surface area contributed by atoms with E-state index in [-0.39, 0.29) is 31.4 Å². The fraction of sp³-hybridized carbons (Fsp3) is 0.700. The number of urea groups is 1. The highest BCUT2D eigenvalue weighted by Gasteiger charge is 2.33. The second kappa shape index (κ2) is 7.05. The Bertz CT molecular complexity index is 337. The van der Waals surface area contributed by atoms with Gasteiger partial charge in [0.1, 0.15) is 0 Å². The van der Waals surface area contributed by atoms with E-state index in [1.165, 1.54) is 4.90 Å². The number of aliphatic carboxylic acids is 1. The third-order valence-electron chi connectivity index (χ3n) is 2.61. The topological polar surface area (TPSA) is 98.7 Å². The van der Waals surface area contributed by atoms with Gasteiger partial charge < -0.3 is 20.6 Å². The molecule has 1 aliphatic heterocycles. The molecular formula is C10H16ClN3O4. The maximum atomic E-state index is 11.5. The summed E-state index contributed by atoms with van der Waals surface area (Å²) in [5.74, 6) is -1.45. The first-order chi connectivity index (χ1) is 8.54. The summed E-state index contributed by atoms with van der Waals surface area (Å²) in [5.41, 5.74) is 0. The van der Waals surface area contributed by atoms with Gasteiger partial charge >= 0.3 is 12.0 Å². The quantitative estimate of drug-likeness (QED) is 0.568. The fourth-order valence-electron chi connectivity index (χ4n) is 1.68. The number of rotatable bonds is 6. The van der Waals surface area contributed by atoms with E-state index in [4.69, 9.17) is 16.7 Å². The van der Waals surface area contributed by atoms with Crippen LogP contribution in [0.15, 0.2) is 0 Å². The van der Waals surface area contributed by atoms with Gasteiger partial charge in [0, 0.05) is 38.5 Å². The molecule has 7 nitrogen and oxygen atoms in total. The third-order valence-corrected chi connectivity index (χ3v) is 2.80. The Hall–Kier alpha value is -1.50. The molecule has 1 aliphatic rings. The molecule has 0 aliphatic carbocycles. The van der Waals surface area contributed by atoms with Gasteiger partial charge in [0.15, 0.2) is 0 Å². The Morgan fingerprint density at radius 2 is 2.06 bits per heavy atom. The maximum absolute atomic E-state index is 11.5. The van der Waals surface area contributed by atoms with E-state index in [2.05, 4.69) is 10.6 Å². The van der Waals surface area contributed by atoms with Crippen LogP contribution in [0.2, 0.25) is 0 Å². The fourth-order valence-corrected chi connectivity index (χ4v) is 1.78. The van der Waals surface area contributed by atoms with Gasteiger partial charge in [-0.2, -0.15) is 0 Å². The molecule has 1 atom stereocenters. The first kappa shape index (κ1) is 14.6. The molecule has 1 fully saturated rings. The second-order valence-electron chi connectivity index (χ2n) is 3.95. The van der Waals surface area contributed by atoms with Gasteiger partial charge in [0.25, 0.3) is 0 Å². The summed E-state index contributed by atoms with van der Waals surface area (Å²) in [5, 5.41) is 13.9. The number of likely N-dealkylation sites (tertiary alicyclic amines) is 1. The number of amides is 3. The Kier molecular flexibility index (Phi) is 5.70. The van der Waals surface area contributed by atoms with Gasteiger partial charge in [0.05, 0.1) is 5.92 Å². The zero-order valence-electron chi connectivity index (χ0n) is 9.82. The van der Waals surface area contributed by atoms with Crippen molar-refractivity contribution in [3.63, 3.8) is 0 Å². The van der Waals surface area contributed by atoms with E-state index in [1.54, 1.807) is 0 Å². The van der Waals surface area contributed by atoms with Crippen LogP contribution in [-0.4, -0.2) is 60.0 Å². The number of carbonyl (C=O) groups excluding carboxylic acids is 2. The van der Waals surface area contributed by atoms with E-state index >= 15 is 0 Å². The number of halogens is 1. The molecule has 18 heavy (non-hydrogen) atoms. The monoisotopic (exact) mass is 277 g/mol. The predicted molar refractivity (Wildman–Crippen MR) is 64.4 cm³/mol. The summed E-state index contributed by atoms with van der Waals surface area (Å²) >= 11 is 5.40. The minimum absolute atomic E-state index is 0.0355. The molecular weight excluding hydrogens is 262 g/mol. The molecule has 0 aromatic carbocycles. The predicted octanol–water partition coefficient (Wildman–Crippen LogP) is -0.542. The zero-order chi connectivity index (χ0) is 13.5. The molecule has 3 amide bonds. The third kappa shape index (κ3) is 4.40.